The van der Waals surface area contributed by atoms with Crippen molar-refractivity contribution in [3.8, 4) is 0 Å². The molecule has 1 aromatic rings. The van der Waals surface area contributed by atoms with E-state index in [-0.39, 0.29) is 6.42 Å². The third kappa shape index (κ3) is 5.01. The molecule has 0 bridgehead atoms. The maximum atomic E-state index is 11.4. The lowest BCUT2D eigenvalue weighted by Gasteiger charge is -2.11. The van der Waals surface area contributed by atoms with E-state index in [1.54, 1.807) is 30.9 Å². The second kappa shape index (κ2) is 5.88. The molecule has 0 spiro atoms. The molecule has 17 heavy (non-hydrogen) atoms. The molecule has 7 nitrogen and oxygen atoms in total. The van der Waals surface area contributed by atoms with Crippen LogP contribution in [-0.4, -0.2) is 32.9 Å². The third-order valence-electron chi connectivity index (χ3n) is 2.06. The molecule has 0 fully saturated rings. The minimum atomic E-state index is -0.942. The molecular formula is C10H16N4O3. The molecule has 0 aliphatic heterocycles. The van der Waals surface area contributed by atoms with Crippen molar-refractivity contribution >= 4 is 12.0 Å². The summed E-state index contributed by atoms with van der Waals surface area (Å²) < 4.78 is 1.64. The molecule has 0 aliphatic carbocycles. The molecule has 1 atom stereocenters. The summed E-state index contributed by atoms with van der Waals surface area (Å²) in [6, 6.07) is 0.988. The number of amides is 2. The Hall–Kier alpha value is -2.05. The number of carboxylic acid groups (broad SMARTS) is 1. The number of carbonyl (C=O) groups is 2. The normalized spacial score (nSPS) is 11.9. The van der Waals surface area contributed by atoms with Gasteiger partial charge in [-0.05, 0) is 13.0 Å². The number of nitrogens with zero attached hydrogens (tertiary/aromatic N) is 2. The van der Waals surface area contributed by atoms with Crippen molar-refractivity contribution in [3.63, 3.8) is 0 Å². The molecule has 1 heterocycles. The van der Waals surface area contributed by atoms with Crippen molar-refractivity contribution in [3.05, 3.63) is 18.0 Å². The van der Waals surface area contributed by atoms with Crippen LogP contribution in [0.25, 0.3) is 0 Å². The molecule has 1 unspecified atom stereocenters. The summed E-state index contributed by atoms with van der Waals surface area (Å²) in [7, 11) is 1.79. The van der Waals surface area contributed by atoms with Gasteiger partial charge in [0.1, 0.15) is 0 Å². The zero-order valence-corrected chi connectivity index (χ0v) is 9.80. The fourth-order valence-electron chi connectivity index (χ4n) is 1.32. The highest BCUT2D eigenvalue weighted by molar-refractivity contribution is 5.75. The Morgan fingerprint density at radius 2 is 2.29 bits per heavy atom. The number of aromatic nitrogens is 2. The lowest BCUT2D eigenvalue weighted by molar-refractivity contribution is -0.137. The minimum Gasteiger partial charge on any atom is -0.481 e. The van der Waals surface area contributed by atoms with E-state index in [1.807, 2.05) is 0 Å². The van der Waals surface area contributed by atoms with Gasteiger partial charge in [0.2, 0.25) is 0 Å². The van der Waals surface area contributed by atoms with Gasteiger partial charge in [-0.1, -0.05) is 0 Å². The van der Waals surface area contributed by atoms with E-state index >= 15 is 0 Å². The smallest absolute Gasteiger partial charge is 0.315 e. The van der Waals surface area contributed by atoms with E-state index in [0.29, 0.717) is 6.54 Å². The number of aliphatic carboxylic acids is 1. The molecule has 0 aromatic carbocycles. The molecule has 0 saturated carbocycles. The van der Waals surface area contributed by atoms with E-state index in [2.05, 4.69) is 15.7 Å². The van der Waals surface area contributed by atoms with E-state index in [1.165, 1.54) is 0 Å². The molecule has 3 N–H and O–H groups in total. The Kier molecular flexibility index (Phi) is 4.50. The van der Waals surface area contributed by atoms with Crippen LogP contribution >= 0.6 is 0 Å². The molecule has 0 aliphatic rings. The number of hydrogen-bond acceptors (Lipinski definition) is 3. The minimum absolute atomic E-state index is 0.100. The molecule has 94 valence electrons. The van der Waals surface area contributed by atoms with Gasteiger partial charge in [0.15, 0.2) is 0 Å². The summed E-state index contributed by atoms with van der Waals surface area (Å²) in [5.74, 6) is -0.942. The van der Waals surface area contributed by atoms with Crippen molar-refractivity contribution < 1.29 is 14.7 Å². The first-order valence-corrected chi connectivity index (χ1v) is 5.22. The SMILES string of the molecule is CC(CC(=O)O)NC(=O)NCc1ccn(C)n1. The molecule has 0 radical (unpaired) electrons. The van der Waals surface area contributed by atoms with Gasteiger partial charge in [-0.15, -0.1) is 0 Å². The van der Waals surface area contributed by atoms with Gasteiger partial charge >= 0.3 is 12.0 Å². The monoisotopic (exact) mass is 240 g/mol. The lowest BCUT2D eigenvalue weighted by Crippen LogP contribution is -2.41. The Balaban J connectivity index is 2.28. The quantitative estimate of drug-likeness (QED) is 0.679. The van der Waals surface area contributed by atoms with Gasteiger partial charge < -0.3 is 15.7 Å². The molecule has 1 rings (SSSR count). The standard InChI is InChI=1S/C10H16N4O3/c1-7(5-9(15)16)12-10(17)11-6-8-3-4-14(2)13-8/h3-4,7H,5-6H2,1-2H3,(H,15,16)(H2,11,12,17). The molecule has 2 amide bonds. The van der Waals surface area contributed by atoms with Gasteiger partial charge in [0.25, 0.3) is 0 Å². The summed E-state index contributed by atoms with van der Waals surface area (Å²) in [5.41, 5.74) is 0.744. The van der Waals surface area contributed by atoms with E-state index in [4.69, 9.17) is 5.11 Å². The predicted molar refractivity (Wildman–Crippen MR) is 60.3 cm³/mol. The van der Waals surface area contributed by atoms with E-state index < -0.39 is 18.0 Å². The van der Waals surface area contributed by atoms with Crippen LogP contribution in [-0.2, 0) is 18.4 Å². The van der Waals surface area contributed by atoms with Crippen LogP contribution in [0.1, 0.15) is 19.0 Å². The number of aryl methyl sites for hydroxylation is 1. The lowest BCUT2D eigenvalue weighted by atomic mass is 10.2. The number of nitrogens with one attached hydrogen (secondary N) is 2. The summed E-state index contributed by atoms with van der Waals surface area (Å²) in [6.07, 6.45) is 1.68. The number of rotatable bonds is 5. The van der Waals surface area contributed by atoms with E-state index in [0.717, 1.165) is 5.69 Å². The van der Waals surface area contributed by atoms with Crippen LogP contribution < -0.4 is 10.6 Å². The fourth-order valence-corrected chi connectivity index (χ4v) is 1.32. The zero-order valence-electron chi connectivity index (χ0n) is 9.80. The average Bonchev–Trinajstić information content (AvgIpc) is 2.59. The average molecular weight is 240 g/mol. The van der Waals surface area contributed by atoms with Crippen molar-refractivity contribution in [2.75, 3.05) is 0 Å². The van der Waals surface area contributed by atoms with Crippen LogP contribution in [0, 0.1) is 0 Å². The molecule has 0 saturated heterocycles. The first kappa shape index (κ1) is 13.0. The van der Waals surface area contributed by atoms with Gasteiger partial charge in [-0.25, -0.2) is 4.79 Å². The van der Waals surface area contributed by atoms with Crippen LogP contribution in [0.15, 0.2) is 12.3 Å². The Bertz CT molecular complexity index is 402. The van der Waals surface area contributed by atoms with Crippen molar-refractivity contribution in [2.45, 2.75) is 25.9 Å². The fraction of sp³-hybridized carbons (Fsp3) is 0.500. The molecule has 7 heteroatoms. The highest BCUT2D eigenvalue weighted by Crippen LogP contribution is 1.93. The van der Waals surface area contributed by atoms with Gasteiger partial charge in [0.05, 0.1) is 18.7 Å². The highest BCUT2D eigenvalue weighted by atomic mass is 16.4. The third-order valence-corrected chi connectivity index (χ3v) is 2.06. The second-order valence-corrected chi connectivity index (χ2v) is 3.81. The summed E-state index contributed by atoms with van der Waals surface area (Å²) in [4.78, 5) is 21.8. The van der Waals surface area contributed by atoms with Gasteiger partial charge in [-0.2, -0.15) is 5.10 Å². The Morgan fingerprint density at radius 1 is 1.59 bits per heavy atom. The number of carbonyl (C=O) groups excluding carboxylic acids is 1. The zero-order chi connectivity index (χ0) is 12.8. The Labute approximate surface area is 98.8 Å². The second-order valence-electron chi connectivity index (χ2n) is 3.81. The number of hydrogen-bond donors (Lipinski definition) is 3. The van der Waals surface area contributed by atoms with Crippen LogP contribution in [0.5, 0.6) is 0 Å². The van der Waals surface area contributed by atoms with Gasteiger partial charge in [0, 0.05) is 19.3 Å². The highest BCUT2D eigenvalue weighted by Gasteiger charge is 2.10. The molecule has 1 aromatic heterocycles. The molecular weight excluding hydrogens is 224 g/mol. The summed E-state index contributed by atoms with van der Waals surface area (Å²) in [5, 5.41) is 17.7. The van der Waals surface area contributed by atoms with E-state index in [9.17, 15) is 9.59 Å². The van der Waals surface area contributed by atoms with Crippen molar-refractivity contribution in [2.24, 2.45) is 7.05 Å². The van der Waals surface area contributed by atoms with Crippen LogP contribution in [0.3, 0.4) is 0 Å². The maximum absolute atomic E-state index is 11.4. The van der Waals surface area contributed by atoms with Crippen molar-refractivity contribution in [1.29, 1.82) is 0 Å². The predicted octanol–water partition coefficient (Wildman–Crippen LogP) is 0.0825. The van der Waals surface area contributed by atoms with Crippen molar-refractivity contribution in [1.82, 2.24) is 20.4 Å². The first-order valence-electron chi connectivity index (χ1n) is 5.22. The number of urea groups is 1. The first-order chi connectivity index (χ1) is 7.97. The summed E-state index contributed by atoms with van der Waals surface area (Å²) >= 11 is 0. The maximum Gasteiger partial charge on any atom is 0.315 e. The largest absolute Gasteiger partial charge is 0.481 e. The summed E-state index contributed by atoms with van der Waals surface area (Å²) in [6.45, 7) is 1.95. The van der Waals surface area contributed by atoms with Gasteiger partial charge in [-0.3, -0.25) is 9.48 Å². The van der Waals surface area contributed by atoms with Crippen LogP contribution in [0.2, 0.25) is 0 Å². The Morgan fingerprint density at radius 3 is 2.82 bits per heavy atom. The van der Waals surface area contributed by atoms with Crippen LogP contribution in [0.4, 0.5) is 4.79 Å². The topological polar surface area (TPSA) is 96.3 Å². The number of carboxylic acids is 1.